The Morgan fingerprint density at radius 3 is 2.47 bits per heavy atom. The average Bonchev–Trinajstić information content (AvgIpc) is 2.71. The summed E-state index contributed by atoms with van der Waals surface area (Å²) in [5.41, 5.74) is 5.37. The first kappa shape index (κ1) is 19.8. The number of nitrogens with zero attached hydrogens (tertiary/aromatic N) is 2. The molecule has 4 nitrogen and oxygen atoms in total. The standard InChI is InChI=1S/C26H24N2O2/c1-26(2,3)19-13-18(12-16-8-10-17(15-27)11-9-16)24-21(14-19)23(25(29)30)20-6-4-5-7-22(20)28-24/h4-12,19H,13-14H2,1-3H3,(H,29,30)/b18-12+/t19-/m1/s1. The second-order valence-corrected chi connectivity index (χ2v) is 9.01. The Labute approximate surface area is 176 Å². The van der Waals surface area contributed by atoms with Gasteiger partial charge in [0.05, 0.1) is 28.4 Å². The van der Waals surface area contributed by atoms with Crippen molar-refractivity contribution < 1.29 is 9.90 Å². The van der Waals surface area contributed by atoms with E-state index in [1.54, 1.807) is 12.1 Å². The van der Waals surface area contributed by atoms with E-state index in [1.807, 2.05) is 36.4 Å². The maximum atomic E-state index is 12.3. The molecule has 0 amide bonds. The van der Waals surface area contributed by atoms with Crippen LogP contribution in [0.5, 0.6) is 0 Å². The molecule has 3 aromatic rings. The van der Waals surface area contributed by atoms with E-state index in [0.717, 1.165) is 28.8 Å². The summed E-state index contributed by atoms with van der Waals surface area (Å²) in [6.45, 7) is 6.62. The summed E-state index contributed by atoms with van der Waals surface area (Å²) < 4.78 is 0. The van der Waals surface area contributed by atoms with Crippen LogP contribution in [-0.4, -0.2) is 16.1 Å². The number of carbonyl (C=O) groups is 1. The molecule has 0 radical (unpaired) electrons. The van der Waals surface area contributed by atoms with Gasteiger partial charge in [-0.25, -0.2) is 9.78 Å². The highest BCUT2D eigenvalue weighted by atomic mass is 16.4. The zero-order chi connectivity index (χ0) is 21.5. The Balaban J connectivity index is 1.97. The molecule has 1 heterocycles. The number of allylic oxidation sites excluding steroid dienone is 1. The number of aromatic carboxylic acids is 1. The van der Waals surface area contributed by atoms with E-state index in [0.29, 0.717) is 34.4 Å². The lowest BCUT2D eigenvalue weighted by Crippen LogP contribution is -2.28. The molecule has 150 valence electrons. The summed E-state index contributed by atoms with van der Waals surface area (Å²) in [4.78, 5) is 17.2. The summed E-state index contributed by atoms with van der Waals surface area (Å²) in [5.74, 6) is -0.604. The highest BCUT2D eigenvalue weighted by Gasteiger charge is 2.35. The third-order valence-corrected chi connectivity index (χ3v) is 6.03. The van der Waals surface area contributed by atoms with Gasteiger partial charge in [-0.1, -0.05) is 51.1 Å². The third kappa shape index (κ3) is 3.59. The van der Waals surface area contributed by atoms with Crippen LogP contribution in [0.25, 0.3) is 22.6 Å². The molecule has 0 saturated carbocycles. The van der Waals surface area contributed by atoms with Gasteiger partial charge in [-0.05, 0) is 65.1 Å². The summed E-state index contributed by atoms with van der Waals surface area (Å²) in [6.07, 6.45) is 3.62. The highest BCUT2D eigenvalue weighted by molar-refractivity contribution is 6.06. The van der Waals surface area contributed by atoms with E-state index in [9.17, 15) is 9.90 Å². The van der Waals surface area contributed by atoms with Crippen LogP contribution in [0.1, 0.15) is 59.9 Å². The second-order valence-electron chi connectivity index (χ2n) is 9.01. The number of rotatable bonds is 2. The molecule has 0 aliphatic heterocycles. The Kier molecular flexibility index (Phi) is 4.91. The van der Waals surface area contributed by atoms with Gasteiger partial charge in [0.15, 0.2) is 0 Å². The number of para-hydroxylation sites is 1. The zero-order valence-electron chi connectivity index (χ0n) is 17.4. The number of benzene rings is 2. The average molecular weight is 396 g/mol. The van der Waals surface area contributed by atoms with Crippen LogP contribution in [0.3, 0.4) is 0 Å². The van der Waals surface area contributed by atoms with Crippen LogP contribution >= 0.6 is 0 Å². The molecule has 0 bridgehead atoms. The number of pyridine rings is 1. The number of hydrogen-bond acceptors (Lipinski definition) is 3. The number of fused-ring (bicyclic) bond motifs is 2. The molecule has 1 aromatic heterocycles. The third-order valence-electron chi connectivity index (χ3n) is 6.03. The fourth-order valence-corrected chi connectivity index (χ4v) is 4.24. The monoisotopic (exact) mass is 396 g/mol. The highest BCUT2D eigenvalue weighted by Crippen LogP contribution is 2.44. The van der Waals surface area contributed by atoms with Crippen LogP contribution in [0.15, 0.2) is 48.5 Å². The largest absolute Gasteiger partial charge is 0.478 e. The molecule has 0 unspecified atom stereocenters. The summed E-state index contributed by atoms with van der Waals surface area (Å²) in [5, 5.41) is 19.8. The smallest absolute Gasteiger partial charge is 0.336 e. The van der Waals surface area contributed by atoms with Gasteiger partial charge >= 0.3 is 5.97 Å². The first-order valence-corrected chi connectivity index (χ1v) is 10.1. The predicted molar refractivity (Wildman–Crippen MR) is 119 cm³/mol. The molecule has 4 rings (SSSR count). The summed E-state index contributed by atoms with van der Waals surface area (Å²) in [6, 6.07) is 17.0. The molecule has 2 aromatic carbocycles. The van der Waals surface area contributed by atoms with Crippen molar-refractivity contribution >= 4 is 28.5 Å². The van der Waals surface area contributed by atoms with E-state index in [1.165, 1.54) is 0 Å². The van der Waals surface area contributed by atoms with Crippen LogP contribution in [0.4, 0.5) is 0 Å². The van der Waals surface area contributed by atoms with Crippen molar-refractivity contribution in [3.63, 3.8) is 0 Å². The number of carboxylic acids is 1. The molecule has 4 heteroatoms. The number of hydrogen-bond donors (Lipinski definition) is 1. The Bertz CT molecular complexity index is 1210. The summed E-state index contributed by atoms with van der Waals surface area (Å²) in [7, 11) is 0. The van der Waals surface area contributed by atoms with Crippen molar-refractivity contribution in [3.8, 4) is 6.07 Å². The van der Waals surface area contributed by atoms with E-state index >= 15 is 0 Å². The van der Waals surface area contributed by atoms with E-state index in [4.69, 9.17) is 10.2 Å². The van der Waals surface area contributed by atoms with Gasteiger partial charge in [-0.3, -0.25) is 0 Å². The summed E-state index contributed by atoms with van der Waals surface area (Å²) >= 11 is 0. The lowest BCUT2D eigenvalue weighted by Gasteiger charge is -2.36. The molecule has 30 heavy (non-hydrogen) atoms. The lowest BCUT2D eigenvalue weighted by atomic mass is 9.69. The van der Waals surface area contributed by atoms with Gasteiger partial charge in [0.25, 0.3) is 0 Å². The van der Waals surface area contributed by atoms with Crippen LogP contribution in [0.2, 0.25) is 0 Å². The fourth-order valence-electron chi connectivity index (χ4n) is 4.24. The van der Waals surface area contributed by atoms with E-state index in [2.05, 4.69) is 32.9 Å². The van der Waals surface area contributed by atoms with Crippen LogP contribution in [-0.2, 0) is 6.42 Å². The topological polar surface area (TPSA) is 74.0 Å². The number of nitriles is 1. The molecule has 1 aliphatic carbocycles. The minimum Gasteiger partial charge on any atom is -0.478 e. The van der Waals surface area contributed by atoms with Crippen molar-refractivity contribution in [2.24, 2.45) is 11.3 Å². The van der Waals surface area contributed by atoms with Gasteiger partial charge in [-0.2, -0.15) is 5.26 Å². The molecular weight excluding hydrogens is 372 g/mol. The SMILES string of the molecule is CC(C)(C)[C@@H]1C/C(=C\c2ccc(C#N)cc2)c2nc3ccccc3c(C(=O)O)c2C1. The van der Waals surface area contributed by atoms with Crippen molar-refractivity contribution in [2.45, 2.75) is 33.6 Å². The lowest BCUT2D eigenvalue weighted by molar-refractivity contribution is 0.0696. The maximum Gasteiger partial charge on any atom is 0.336 e. The molecule has 0 spiro atoms. The minimum atomic E-state index is -0.905. The number of carboxylic acid groups (broad SMARTS) is 1. The first-order valence-electron chi connectivity index (χ1n) is 10.1. The van der Waals surface area contributed by atoms with Gasteiger partial charge < -0.3 is 5.11 Å². The Hall–Kier alpha value is -3.45. The van der Waals surface area contributed by atoms with Gasteiger partial charge in [0.1, 0.15) is 0 Å². The van der Waals surface area contributed by atoms with Gasteiger partial charge in [-0.15, -0.1) is 0 Å². The maximum absolute atomic E-state index is 12.3. The molecule has 0 saturated heterocycles. The molecular formula is C26H24N2O2. The fraction of sp³-hybridized carbons (Fsp3) is 0.269. The molecule has 1 N–H and O–H groups in total. The minimum absolute atomic E-state index is 0.0306. The van der Waals surface area contributed by atoms with Gasteiger partial charge in [0, 0.05) is 5.39 Å². The van der Waals surface area contributed by atoms with E-state index < -0.39 is 5.97 Å². The second kappa shape index (κ2) is 7.42. The Morgan fingerprint density at radius 1 is 1.13 bits per heavy atom. The van der Waals surface area contributed by atoms with Gasteiger partial charge in [0.2, 0.25) is 0 Å². The molecule has 1 aliphatic rings. The zero-order valence-corrected chi connectivity index (χ0v) is 17.4. The van der Waals surface area contributed by atoms with Crippen LogP contribution in [0, 0.1) is 22.7 Å². The number of aromatic nitrogens is 1. The van der Waals surface area contributed by atoms with Crippen molar-refractivity contribution in [1.29, 1.82) is 5.26 Å². The predicted octanol–water partition coefficient (Wildman–Crippen LogP) is 5.95. The normalized spacial score (nSPS) is 17.5. The first-order chi connectivity index (χ1) is 14.3. The molecule has 1 atom stereocenters. The van der Waals surface area contributed by atoms with Crippen molar-refractivity contribution in [1.82, 2.24) is 4.98 Å². The Morgan fingerprint density at radius 2 is 1.83 bits per heavy atom. The van der Waals surface area contributed by atoms with Crippen molar-refractivity contribution in [3.05, 3.63) is 76.5 Å². The van der Waals surface area contributed by atoms with Crippen LogP contribution < -0.4 is 0 Å². The van der Waals surface area contributed by atoms with E-state index in [-0.39, 0.29) is 5.41 Å². The molecule has 0 fully saturated rings. The quantitative estimate of drug-likeness (QED) is 0.580. The van der Waals surface area contributed by atoms with Crippen molar-refractivity contribution in [2.75, 3.05) is 0 Å².